The SMILES string of the molecule is CC1(C)CN(C(=O)C2CSCCN2)CC(CO)O1. The molecular weight excluding hydrogens is 252 g/mol. The molecule has 2 aliphatic heterocycles. The van der Waals surface area contributed by atoms with Crippen molar-refractivity contribution in [1.29, 1.82) is 0 Å². The van der Waals surface area contributed by atoms with E-state index in [0.717, 1.165) is 18.1 Å². The minimum Gasteiger partial charge on any atom is -0.394 e. The van der Waals surface area contributed by atoms with Crippen molar-refractivity contribution in [2.75, 3.05) is 37.7 Å². The van der Waals surface area contributed by atoms with Crippen LogP contribution in [-0.4, -0.2) is 71.4 Å². The van der Waals surface area contributed by atoms with Crippen molar-refractivity contribution in [3.05, 3.63) is 0 Å². The highest BCUT2D eigenvalue weighted by molar-refractivity contribution is 7.99. The molecule has 2 N–H and O–H groups in total. The molecule has 0 saturated carbocycles. The van der Waals surface area contributed by atoms with Crippen LogP contribution in [0.5, 0.6) is 0 Å². The Labute approximate surface area is 112 Å². The van der Waals surface area contributed by atoms with Crippen LogP contribution >= 0.6 is 11.8 Å². The number of nitrogens with zero attached hydrogens (tertiary/aromatic N) is 1. The summed E-state index contributed by atoms with van der Waals surface area (Å²) in [5, 5.41) is 12.5. The van der Waals surface area contributed by atoms with Gasteiger partial charge in [0.05, 0.1) is 24.4 Å². The van der Waals surface area contributed by atoms with Gasteiger partial charge < -0.3 is 20.1 Å². The third-order valence-electron chi connectivity index (χ3n) is 3.22. The average molecular weight is 274 g/mol. The molecule has 2 unspecified atom stereocenters. The summed E-state index contributed by atoms with van der Waals surface area (Å²) in [5.41, 5.74) is -0.386. The highest BCUT2D eigenvalue weighted by Gasteiger charge is 2.37. The van der Waals surface area contributed by atoms with Crippen LogP contribution in [0.25, 0.3) is 0 Å². The zero-order valence-electron chi connectivity index (χ0n) is 11.0. The molecule has 0 aromatic carbocycles. The molecule has 2 saturated heterocycles. The normalized spacial score (nSPS) is 32.3. The Balaban J connectivity index is 1.99. The van der Waals surface area contributed by atoms with Crippen molar-refractivity contribution in [3.63, 3.8) is 0 Å². The molecule has 6 heteroatoms. The first-order valence-electron chi connectivity index (χ1n) is 6.40. The van der Waals surface area contributed by atoms with Crippen LogP contribution in [0.3, 0.4) is 0 Å². The Kier molecular flexibility index (Phi) is 4.53. The van der Waals surface area contributed by atoms with Crippen LogP contribution in [0.15, 0.2) is 0 Å². The number of amides is 1. The smallest absolute Gasteiger partial charge is 0.240 e. The van der Waals surface area contributed by atoms with Gasteiger partial charge in [-0.05, 0) is 13.8 Å². The number of rotatable bonds is 2. The van der Waals surface area contributed by atoms with Crippen LogP contribution in [0.2, 0.25) is 0 Å². The Morgan fingerprint density at radius 3 is 3.00 bits per heavy atom. The second-order valence-corrected chi connectivity index (χ2v) is 6.63. The molecule has 104 valence electrons. The Bertz CT molecular complexity index is 306. The highest BCUT2D eigenvalue weighted by Crippen LogP contribution is 2.22. The van der Waals surface area contributed by atoms with E-state index < -0.39 is 0 Å². The number of carbonyl (C=O) groups is 1. The van der Waals surface area contributed by atoms with Crippen molar-refractivity contribution in [3.8, 4) is 0 Å². The van der Waals surface area contributed by atoms with Crippen LogP contribution in [0.4, 0.5) is 0 Å². The molecule has 2 heterocycles. The molecule has 0 aromatic rings. The summed E-state index contributed by atoms with van der Waals surface area (Å²) in [7, 11) is 0. The first-order chi connectivity index (χ1) is 8.52. The van der Waals surface area contributed by atoms with Crippen molar-refractivity contribution in [2.45, 2.75) is 31.6 Å². The fourth-order valence-electron chi connectivity index (χ4n) is 2.50. The largest absolute Gasteiger partial charge is 0.394 e. The molecule has 0 aliphatic carbocycles. The number of aliphatic hydroxyl groups excluding tert-OH is 1. The number of thioether (sulfide) groups is 1. The van der Waals surface area contributed by atoms with Crippen molar-refractivity contribution in [1.82, 2.24) is 10.2 Å². The molecule has 2 atom stereocenters. The summed E-state index contributed by atoms with van der Waals surface area (Å²) >= 11 is 1.81. The molecule has 0 bridgehead atoms. The maximum absolute atomic E-state index is 12.4. The molecule has 18 heavy (non-hydrogen) atoms. The van der Waals surface area contributed by atoms with Crippen LogP contribution < -0.4 is 5.32 Å². The van der Waals surface area contributed by atoms with E-state index in [-0.39, 0.29) is 30.3 Å². The third-order valence-corrected chi connectivity index (χ3v) is 4.28. The standard InChI is InChI=1S/C12H22N2O3S/c1-12(2)8-14(5-9(6-15)17-12)11(16)10-7-18-4-3-13-10/h9-10,13,15H,3-8H2,1-2H3. The molecule has 1 amide bonds. The Hall–Kier alpha value is -0.300. The lowest BCUT2D eigenvalue weighted by atomic mass is 10.0. The lowest BCUT2D eigenvalue weighted by Gasteiger charge is -2.43. The lowest BCUT2D eigenvalue weighted by molar-refractivity contribution is -0.168. The molecule has 2 fully saturated rings. The number of hydrogen-bond donors (Lipinski definition) is 2. The molecule has 0 radical (unpaired) electrons. The van der Waals surface area contributed by atoms with E-state index in [1.54, 1.807) is 0 Å². The van der Waals surface area contributed by atoms with E-state index >= 15 is 0 Å². The zero-order valence-corrected chi connectivity index (χ0v) is 11.8. The van der Waals surface area contributed by atoms with Gasteiger partial charge in [-0.2, -0.15) is 11.8 Å². The van der Waals surface area contributed by atoms with Gasteiger partial charge in [0.1, 0.15) is 0 Å². The van der Waals surface area contributed by atoms with Crippen LogP contribution in [-0.2, 0) is 9.53 Å². The van der Waals surface area contributed by atoms with E-state index in [4.69, 9.17) is 4.74 Å². The molecule has 2 rings (SSSR count). The number of aliphatic hydroxyl groups is 1. The summed E-state index contributed by atoms with van der Waals surface area (Å²) in [5.74, 6) is 2.04. The summed E-state index contributed by atoms with van der Waals surface area (Å²) in [6.45, 7) is 5.83. The summed E-state index contributed by atoms with van der Waals surface area (Å²) < 4.78 is 5.72. The highest BCUT2D eigenvalue weighted by atomic mass is 32.2. The molecule has 2 aliphatic rings. The van der Waals surface area contributed by atoms with Gasteiger partial charge in [0, 0.05) is 31.1 Å². The van der Waals surface area contributed by atoms with Gasteiger partial charge in [-0.1, -0.05) is 0 Å². The zero-order chi connectivity index (χ0) is 13.2. The van der Waals surface area contributed by atoms with Crippen LogP contribution in [0.1, 0.15) is 13.8 Å². The predicted molar refractivity (Wildman–Crippen MR) is 71.7 cm³/mol. The topological polar surface area (TPSA) is 61.8 Å². The van der Waals surface area contributed by atoms with Gasteiger partial charge >= 0.3 is 0 Å². The van der Waals surface area contributed by atoms with Gasteiger partial charge in [0.15, 0.2) is 0 Å². The number of ether oxygens (including phenoxy) is 1. The maximum atomic E-state index is 12.4. The second kappa shape index (κ2) is 5.77. The van der Waals surface area contributed by atoms with Gasteiger partial charge in [0.25, 0.3) is 0 Å². The molecule has 0 aromatic heterocycles. The van der Waals surface area contributed by atoms with E-state index in [2.05, 4.69) is 5.32 Å². The fraction of sp³-hybridized carbons (Fsp3) is 0.917. The van der Waals surface area contributed by atoms with E-state index in [0.29, 0.717) is 13.1 Å². The summed E-state index contributed by atoms with van der Waals surface area (Å²) in [6.07, 6.45) is -0.269. The first-order valence-corrected chi connectivity index (χ1v) is 7.56. The number of morpholine rings is 1. The van der Waals surface area contributed by atoms with Crippen molar-refractivity contribution >= 4 is 17.7 Å². The first kappa shape index (κ1) is 14.1. The van der Waals surface area contributed by atoms with Gasteiger partial charge in [-0.15, -0.1) is 0 Å². The quantitative estimate of drug-likeness (QED) is 0.723. The fourth-order valence-corrected chi connectivity index (χ4v) is 3.43. The Morgan fingerprint density at radius 1 is 1.61 bits per heavy atom. The van der Waals surface area contributed by atoms with Crippen molar-refractivity contribution < 1.29 is 14.6 Å². The minimum absolute atomic E-state index is 0.0416. The lowest BCUT2D eigenvalue weighted by Crippen LogP contribution is -2.60. The Morgan fingerprint density at radius 2 is 2.39 bits per heavy atom. The molecular formula is C12H22N2O3S. The molecule has 0 spiro atoms. The predicted octanol–water partition coefficient (Wildman–Crippen LogP) is -0.310. The van der Waals surface area contributed by atoms with E-state index in [1.165, 1.54) is 0 Å². The second-order valence-electron chi connectivity index (χ2n) is 5.48. The maximum Gasteiger partial charge on any atom is 0.240 e. The van der Waals surface area contributed by atoms with Gasteiger partial charge in [-0.25, -0.2) is 0 Å². The summed E-state index contributed by atoms with van der Waals surface area (Å²) in [4.78, 5) is 14.2. The third kappa shape index (κ3) is 3.38. The minimum atomic E-state index is -0.386. The average Bonchev–Trinajstić information content (AvgIpc) is 2.37. The van der Waals surface area contributed by atoms with Gasteiger partial charge in [0.2, 0.25) is 5.91 Å². The van der Waals surface area contributed by atoms with E-state index in [1.807, 2.05) is 30.5 Å². The monoisotopic (exact) mass is 274 g/mol. The van der Waals surface area contributed by atoms with E-state index in [9.17, 15) is 9.90 Å². The number of carbonyl (C=O) groups excluding carboxylic acids is 1. The molecule has 5 nitrogen and oxygen atoms in total. The number of hydrogen-bond acceptors (Lipinski definition) is 5. The van der Waals surface area contributed by atoms with Crippen LogP contribution in [0, 0.1) is 0 Å². The van der Waals surface area contributed by atoms with Crippen molar-refractivity contribution in [2.24, 2.45) is 0 Å². The summed E-state index contributed by atoms with van der Waals surface area (Å²) in [6, 6.07) is -0.0861. The number of nitrogens with one attached hydrogen (secondary N) is 1. The van der Waals surface area contributed by atoms with Gasteiger partial charge in [-0.3, -0.25) is 4.79 Å².